The summed E-state index contributed by atoms with van der Waals surface area (Å²) >= 11 is 0. The number of benzene rings is 1. The molecule has 1 aliphatic rings. The van der Waals surface area contributed by atoms with E-state index in [1.165, 1.54) is 11.1 Å². The van der Waals surface area contributed by atoms with E-state index in [-0.39, 0.29) is 6.61 Å². The van der Waals surface area contributed by atoms with Gasteiger partial charge in [-0.3, -0.25) is 0 Å². The van der Waals surface area contributed by atoms with Gasteiger partial charge in [-0.1, -0.05) is 18.2 Å². The zero-order valence-electron chi connectivity index (χ0n) is 8.33. The third-order valence-corrected chi connectivity index (χ3v) is 2.65. The number of para-hydroxylation sites is 1. The lowest BCUT2D eigenvalue weighted by Gasteiger charge is -2.06. The molecule has 0 fully saturated rings. The quantitative estimate of drug-likeness (QED) is 0.739. The first-order valence-electron chi connectivity index (χ1n) is 5.26. The zero-order valence-corrected chi connectivity index (χ0v) is 8.33. The molecule has 2 rings (SSSR count). The molecule has 0 radical (unpaired) electrons. The molecular formula is C12H16O2. The van der Waals surface area contributed by atoms with E-state index in [0.29, 0.717) is 0 Å². The highest BCUT2D eigenvalue weighted by Gasteiger charge is 2.14. The van der Waals surface area contributed by atoms with Crippen LogP contribution in [0.4, 0.5) is 0 Å². The minimum Gasteiger partial charge on any atom is -0.493 e. The summed E-state index contributed by atoms with van der Waals surface area (Å²) in [6.45, 7) is 1.11. The van der Waals surface area contributed by atoms with E-state index in [1.807, 2.05) is 0 Å². The largest absolute Gasteiger partial charge is 0.493 e. The van der Waals surface area contributed by atoms with Gasteiger partial charge in [-0.15, -0.1) is 0 Å². The molecule has 2 heteroatoms. The number of aryl methyl sites for hydroxylation is 1. The predicted molar refractivity (Wildman–Crippen MR) is 55.7 cm³/mol. The molecule has 0 aliphatic carbocycles. The van der Waals surface area contributed by atoms with E-state index >= 15 is 0 Å². The second kappa shape index (κ2) is 4.47. The van der Waals surface area contributed by atoms with Crippen molar-refractivity contribution in [1.82, 2.24) is 0 Å². The first-order valence-corrected chi connectivity index (χ1v) is 5.26. The summed E-state index contributed by atoms with van der Waals surface area (Å²) in [5.74, 6) is 1.10. The minimum atomic E-state index is 0.288. The van der Waals surface area contributed by atoms with Crippen molar-refractivity contribution in [2.24, 2.45) is 0 Å². The summed E-state index contributed by atoms with van der Waals surface area (Å²) in [6, 6.07) is 6.36. The van der Waals surface area contributed by atoms with Gasteiger partial charge in [0.15, 0.2) is 0 Å². The number of hydrogen-bond acceptors (Lipinski definition) is 2. The Balaban J connectivity index is 2.06. The van der Waals surface area contributed by atoms with Crippen molar-refractivity contribution in [2.45, 2.75) is 25.7 Å². The molecule has 0 atom stereocenters. The minimum absolute atomic E-state index is 0.288. The first-order chi connectivity index (χ1) is 6.92. The van der Waals surface area contributed by atoms with Gasteiger partial charge in [-0.2, -0.15) is 0 Å². The Bertz CT molecular complexity index is 307. The number of fused-ring (bicyclic) bond motifs is 1. The highest BCUT2D eigenvalue weighted by Crippen LogP contribution is 2.30. The number of unbranched alkanes of at least 4 members (excludes halogenated alkanes) is 1. The molecule has 1 N–H and O–H groups in total. The van der Waals surface area contributed by atoms with E-state index in [1.54, 1.807) is 0 Å². The van der Waals surface area contributed by atoms with E-state index < -0.39 is 0 Å². The molecule has 0 unspecified atom stereocenters. The van der Waals surface area contributed by atoms with Gasteiger partial charge in [0.2, 0.25) is 0 Å². The molecule has 2 nitrogen and oxygen atoms in total. The molecule has 0 saturated carbocycles. The van der Waals surface area contributed by atoms with Crippen molar-refractivity contribution in [1.29, 1.82) is 0 Å². The van der Waals surface area contributed by atoms with Crippen molar-refractivity contribution >= 4 is 0 Å². The maximum atomic E-state index is 8.71. The lowest BCUT2D eigenvalue weighted by atomic mass is 10.0. The lowest BCUT2D eigenvalue weighted by molar-refractivity contribution is 0.284. The van der Waals surface area contributed by atoms with Gasteiger partial charge in [0.05, 0.1) is 6.61 Å². The number of hydrogen-bond donors (Lipinski definition) is 1. The van der Waals surface area contributed by atoms with E-state index in [9.17, 15) is 0 Å². The molecule has 1 heterocycles. The van der Waals surface area contributed by atoms with Gasteiger partial charge in [-0.25, -0.2) is 0 Å². The Morgan fingerprint density at radius 3 is 3.07 bits per heavy atom. The number of aliphatic hydroxyl groups excluding tert-OH is 1. The fourth-order valence-corrected chi connectivity index (χ4v) is 1.91. The van der Waals surface area contributed by atoms with Crippen LogP contribution in [-0.2, 0) is 12.8 Å². The smallest absolute Gasteiger partial charge is 0.125 e. The van der Waals surface area contributed by atoms with Gasteiger partial charge in [0.1, 0.15) is 5.75 Å². The summed E-state index contributed by atoms with van der Waals surface area (Å²) in [6.07, 6.45) is 3.98. The molecular weight excluding hydrogens is 176 g/mol. The maximum absolute atomic E-state index is 8.71. The van der Waals surface area contributed by atoms with E-state index in [4.69, 9.17) is 9.84 Å². The van der Waals surface area contributed by atoms with Gasteiger partial charge in [-0.05, 0) is 30.4 Å². The van der Waals surface area contributed by atoms with Crippen molar-refractivity contribution in [3.63, 3.8) is 0 Å². The topological polar surface area (TPSA) is 29.5 Å². The number of rotatable bonds is 4. The van der Waals surface area contributed by atoms with Crippen molar-refractivity contribution < 1.29 is 9.84 Å². The molecule has 0 aromatic heterocycles. The van der Waals surface area contributed by atoms with Crippen LogP contribution >= 0.6 is 0 Å². The Kier molecular flexibility index (Phi) is 3.04. The van der Waals surface area contributed by atoms with Gasteiger partial charge in [0.25, 0.3) is 0 Å². The summed E-state index contributed by atoms with van der Waals surface area (Å²) in [7, 11) is 0. The molecule has 76 valence electrons. The average Bonchev–Trinajstić information content (AvgIpc) is 2.67. The maximum Gasteiger partial charge on any atom is 0.125 e. The molecule has 1 aromatic rings. The highest BCUT2D eigenvalue weighted by atomic mass is 16.5. The second-order valence-corrected chi connectivity index (χ2v) is 3.68. The Morgan fingerprint density at radius 1 is 1.29 bits per heavy atom. The van der Waals surface area contributed by atoms with Gasteiger partial charge in [0, 0.05) is 13.0 Å². The Labute approximate surface area is 84.5 Å². The SMILES string of the molecule is OCCCCc1cccc2c1OCC2. The summed E-state index contributed by atoms with van der Waals surface area (Å²) < 4.78 is 5.60. The van der Waals surface area contributed by atoms with Crippen molar-refractivity contribution in [2.75, 3.05) is 13.2 Å². The van der Waals surface area contributed by atoms with E-state index in [2.05, 4.69) is 18.2 Å². The molecule has 0 saturated heterocycles. The molecule has 0 amide bonds. The third kappa shape index (κ3) is 1.90. The predicted octanol–water partition coefficient (Wildman–Crippen LogP) is 1.94. The average molecular weight is 192 g/mol. The van der Waals surface area contributed by atoms with Crippen LogP contribution in [-0.4, -0.2) is 18.3 Å². The molecule has 1 aromatic carbocycles. The second-order valence-electron chi connectivity index (χ2n) is 3.68. The summed E-state index contributed by atoms with van der Waals surface area (Å²) in [5.41, 5.74) is 2.64. The van der Waals surface area contributed by atoms with Crippen molar-refractivity contribution in [3.05, 3.63) is 29.3 Å². The van der Waals surface area contributed by atoms with Crippen molar-refractivity contribution in [3.8, 4) is 5.75 Å². The van der Waals surface area contributed by atoms with Crippen LogP contribution in [0.5, 0.6) is 5.75 Å². The molecule has 0 spiro atoms. The first kappa shape index (κ1) is 9.53. The van der Waals surface area contributed by atoms with E-state index in [0.717, 1.165) is 38.0 Å². The Morgan fingerprint density at radius 2 is 2.21 bits per heavy atom. The highest BCUT2D eigenvalue weighted by molar-refractivity contribution is 5.43. The van der Waals surface area contributed by atoms with Gasteiger partial charge < -0.3 is 9.84 Å². The Hall–Kier alpha value is -1.02. The molecule has 0 bridgehead atoms. The monoisotopic (exact) mass is 192 g/mol. The summed E-state index contributed by atoms with van der Waals surface area (Å²) in [5, 5.41) is 8.71. The molecule has 1 aliphatic heterocycles. The van der Waals surface area contributed by atoms with Crippen LogP contribution in [0.1, 0.15) is 24.0 Å². The van der Waals surface area contributed by atoms with Crippen LogP contribution in [0.25, 0.3) is 0 Å². The van der Waals surface area contributed by atoms with Crippen LogP contribution in [0, 0.1) is 0 Å². The van der Waals surface area contributed by atoms with Crippen LogP contribution < -0.4 is 4.74 Å². The fraction of sp³-hybridized carbons (Fsp3) is 0.500. The molecule has 14 heavy (non-hydrogen) atoms. The standard InChI is InChI=1S/C12H16O2/c13-8-2-1-4-10-5-3-6-11-7-9-14-12(10)11/h3,5-6,13H,1-2,4,7-9H2. The fourth-order valence-electron chi connectivity index (χ4n) is 1.91. The third-order valence-electron chi connectivity index (χ3n) is 2.65. The normalized spacial score (nSPS) is 13.8. The lowest BCUT2D eigenvalue weighted by Crippen LogP contribution is -1.93. The summed E-state index contributed by atoms with van der Waals surface area (Å²) in [4.78, 5) is 0. The van der Waals surface area contributed by atoms with Crippen LogP contribution in [0.3, 0.4) is 0 Å². The van der Waals surface area contributed by atoms with Gasteiger partial charge >= 0.3 is 0 Å². The van der Waals surface area contributed by atoms with Crippen LogP contribution in [0.2, 0.25) is 0 Å². The number of ether oxygens (including phenoxy) is 1. The zero-order chi connectivity index (χ0) is 9.80. The number of aliphatic hydroxyl groups is 1. The van der Waals surface area contributed by atoms with Crippen LogP contribution in [0.15, 0.2) is 18.2 Å².